The summed E-state index contributed by atoms with van der Waals surface area (Å²) in [4.78, 5) is 24.7. The highest BCUT2D eigenvalue weighted by molar-refractivity contribution is 5.83. The highest BCUT2D eigenvalue weighted by Gasteiger charge is 2.13. The quantitative estimate of drug-likeness (QED) is 0.722. The van der Waals surface area contributed by atoms with Crippen LogP contribution in [0, 0.1) is 11.8 Å². The number of hydrogen-bond donors (Lipinski definition) is 1. The summed E-state index contributed by atoms with van der Waals surface area (Å²) in [5.41, 5.74) is 0. The van der Waals surface area contributed by atoms with E-state index in [9.17, 15) is 9.59 Å². The Hall–Kier alpha value is -1.06. The van der Waals surface area contributed by atoms with Crippen molar-refractivity contribution in [1.29, 1.82) is 0 Å². The van der Waals surface area contributed by atoms with E-state index < -0.39 is 0 Å². The Balaban J connectivity index is 4.00. The minimum Gasteiger partial charge on any atom is -0.355 e. The molecule has 0 aromatic rings. The molecule has 0 saturated carbocycles. The maximum absolute atomic E-state index is 11.7. The van der Waals surface area contributed by atoms with E-state index in [1.807, 2.05) is 0 Å². The summed E-state index contributed by atoms with van der Waals surface area (Å²) < 4.78 is 0. The number of nitrogens with one attached hydrogen (secondary N) is 1. The van der Waals surface area contributed by atoms with Crippen molar-refractivity contribution in [3.63, 3.8) is 0 Å². The molecule has 106 valence electrons. The number of carbonyl (C=O) groups is 2. The van der Waals surface area contributed by atoms with Crippen LogP contribution in [0.1, 0.15) is 47.5 Å². The molecule has 2 amide bonds. The number of rotatable bonds is 8. The van der Waals surface area contributed by atoms with Crippen molar-refractivity contribution in [2.45, 2.75) is 47.5 Å². The molecule has 4 heteroatoms. The molecule has 0 aliphatic rings. The smallest absolute Gasteiger partial charge is 0.239 e. The third-order valence-electron chi connectivity index (χ3n) is 2.80. The van der Waals surface area contributed by atoms with Crippen molar-refractivity contribution in [1.82, 2.24) is 10.2 Å². The lowest BCUT2D eigenvalue weighted by Gasteiger charge is -2.21. The van der Waals surface area contributed by atoms with E-state index in [-0.39, 0.29) is 18.4 Å². The summed E-state index contributed by atoms with van der Waals surface area (Å²) in [6.45, 7) is 11.5. The first-order valence-corrected chi connectivity index (χ1v) is 6.85. The number of amides is 2. The van der Waals surface area contributed by atoms with Crippen molar-refractivity contribution in [3.05, 3.63) is 0 Å². The van der Waals surface area contributed by atoms with Crippen molar-refractivity contribution >= 4 is 11.8 Å². The molecule has 4 nitrogen and oxygen atoms in total. The monoisotopic (exact) mass is 256 g/mol. The van der Waals surface area contributed by atoms with Crippen LogP contribution < -0.4 is 5.32 Å². The van der Waals surface area contributed by atoms with Crippen LogP contribution in [0.3, 0.4) is 0 Å². The largest absolute Gasteiger partial charge is 0.355 e. The van der Waals surface area contributed by atoms with Crippen molar-refractivity contribution in [2.75, 3.05) is 19.6 Å². The lowest BCUT2D eigenvalue weighted by Crippen LogP contribution is -2.40. The average Bonchev–Trinajstić information content (AvgIpc) is 2.22. The standard InChI is InChI=1S/C14H28N2O2/c1-11(2)6-8-15-14(18)10-16(13(5)17)9-7-12(3)4/h11-12H,6-10H2,1-5H3,(H,15,18). The molecule has 0 aliphatic heterocycles. The Bertz CT molecular complexity index is 263. The van der Waals surface area contributed by atoms with Crippen molar-refractivity contribution in [2.24, 2.45) is 11.8 Å². The molecule has 1 N–H and O–H groups in total. The minimum absolute atomic E-state index is 0.0327. The van der Waals surface area contributed by atoms with Gasteiger partial charge < -0.3 is 10.2 Å². The van der Waals surface area contributed by atoms with Gasteiger partial charge in [-0.1, -0.05) is 27.7 Å². The fourth-order valence-electron chi connectivity index (χ4n) is 1.49. The number of hydrogen-bond acceptors (Lipinski definition) is 2. The first-order valence-electron chi connectivity index (χ1n) is 6.85. The van der Waals surface area contributed by atoms with Gasteiger partial charge >= 0.3 is 0 Å². The van der Waals surface area contributed by atoms with Gasteiger partial charge in [0.1, 0.15) is 0 Å². The zero-order valence-corrected chi connectivity index (χ0v) is 12.5. The molecule has 0 saturated heterocycles. The fourth-order valence-corrected chi connectivity index (χ4v) is 1.49. The lowest BCUT2D eigenvalue weighted by molar-refractivity contribution is -0.134. The number of nitrogens with zero attached hydrogens (tertiary/aromatic N) is 1. The van der Waals surface area contributed by atoms with Crippen molar-refractivity contribution in [3.8, 4) is 0 Å². The zero-order chi connectivity index (χ0) is 14.1. The molecule has 0 unspecified atom stereocenters. The zero-order valence-electron chi connectivity index (χ0n) is 12.5. The normalized spacial score (nSPS) is 10.8. The Kier molecular flexibility index (Phi) is 8.42. The van der Waals surface area contributed by atoms with Crippen LogP contribution >= 0.6 is 0 Å². The van der Waals surface area contributed by atoms with Crippen LogP contribution in [-0.4, -0.2) is 36.3 Å². The SMILES string of the molecule is CC(=O)N(CCC(C)C)CC(=O)NCCC(C)C. The van der Waals surface area contributed by atoms with E-state index in [0.29, 0.717) is 24.9 Å². The molecule has 0 aliphatic carbocycles. The summed E-state index contributed by atoms with van der Waals surface area (Å²) in [7, 11) is 0. The van der Waals surface area contributed by atoms with Crippen LogP contribution in [-0.2, 0) is 9.59 Å². The first-order chi connectivity index (χ1) is 8.32. The molecule has 0 fully saturated rings. The van der Waals surface area contributed by atoms with Crippen LogP contribution in [0.2, 0.25) is 0 Å². The molecular formula is C14H28N2O2. The van der Waals surface area contributed by atoms with Gasteiger partial charge in [-0.25, -0.2) is 0 Å². The Labute approximate surface area is 111 Å². The maximum Gasteiger partial charge on any atom is 0.239 e. The second-order valence-corrected chi connectivity index (χ2v) is 5.66. The summed E-state index contributed by atoms with van der Waals surface area (Å²) in [5.74, 6) is 1.02. The number of carbonyl (C=O) groups excluding carboxylic acids is 2. The lowest BCUT2D eigenvalue weighted by atomic mass is 10.1. The van der Waals surface area contributed by atoms with Gasteiger partial charge in [-0.15, -0.1) is 0 Å². The van der Waals surface area contributed by atoms with Crippen LogP contribution in [0.15, 0.2) is 0 Å². The Morgan fingerprint density at radius 2 is 1.61 bits per heavy atom. The van der Waals surface area contributed by atoms with Crippen molar-refractivity contribution < 1.29 is 9.59 Å². The predicted octanol–water partition coefficient (Wildman–Crippen LogP) is 2.04. The average molecular weight is 256 g/mol. The molecule has 0 spiro atoms. The van der Waals surface area contributed by atoms with Gasteiger partial charge in [-0.05, 0) is 24.7 Å². The van der Waals surface area contributed by atoms with Gasteiger partial charge in [0.05, 0.1) is 6.54 Å². The van der Waals surface area contributed by atoms with E-state index in [2.05, 4.69) is 33.0 Å². The third-order valence-corrected chi connectivity index (χ3v) is 2.80. The molecule has 0 radical (unpaired) electrons. The van der Waals surface area contributed by atoms with Crippen LogP contribution in [0.5, 0.6) is 0 Å². The predicted molar refractivity (Wildman–Crippen MR) is 74.2 cm³/mol. The fraction of sp³-hybridized carbons (Fsp3) is 0.857. The van der Waals surface area contributed by atoms with E-state index in [1.54, 1.807) is 4.90 Å². The molecule has 0 aromatic heterocycles. The molecule has 0 rings (SSSR count). The summed E-state index contributed by atoms with van der Waals surface area (Å²) >= 11 is 0. The maximum atomic E-state index is 11.7. The highest BCUT2D eigenvalue weighted by atomic mass is 16.2. The van der Waals surface area contributed by atoms with E-state index in [1.165, 1.54) is 6.92 Å². The molecule has 0 bridgehead atoms. The van der Waals surface area contributed by atoms with Gasteiger partial charge in [-0.3, -0.25) is 9.59 Å². The van der Waals surface area contributed by atoms with Gasteiger partial charge in [0.25, 0.3) is 0 Å². The molecule has 0 heterocycles. The Morgan fingerprint density at radius 1 is 1.06 bits per heavy atom. The third kappa shape index (κ3) is 9.02. The van der Waals surface area contributed by atoms with E-state index in [4.69, 9.17) is 0 Å². The summed E-state index contributed by atoms with van der Waals surface area (Å²) in [6, 6.07) is 0. The molecular weight excluding hydrogens is 228 g/mol. The van der Waals surface area contributed by atoms with Crippen LogP contribution in [0.4, 0.5) is 0 Å². The topological polar surface area (TPSA) is 49.4 Å². The molecule has 0 aromatic carbocycles. The summed E-state index contributed by atoms with van der Waals surface area (Å²) in [6.07, 6.45) is 1.90. The highest BCUT2D eigenvalue weighted by Crippen LogP contribution is 2.02. The summed E-state index contributed by atoms with van der Waals surface area (Å²) in [5, 5.41) is 2.85. The minimum atomic E-state index is -0.0605. The van der Waals surface area contributed by atoms with Gasteiger partial charge in [0.15, 0.2) is 0 Å². The van der Waals surface area contributed by atoms with Gasteiger partial charge in [0.2, 0.25) is 11.8 Å². The first kappa shape index (κ1) is 16.9. The second kappa shape index (κ2) is 8.95. The second-order valence-electron chi connectivity index (χ2n) is 5.66. The van der Waals surface area contributed by atoms with E-state index >= 15 is 0 Å². The Morgan fingerprint density at radius 3 is 2.06 bits per heavy atom. The van der Waals surface area contributed by atoms with Crippen LogP contribution in [0.25, 0.3) is 0 Å². The molecule has 18 heavy (non-hydrogen) atoms. The van der Waals surface area contributed by atoms with E-state index in [0.717, 1.165) is 12.8 Å². The van der Waals surface area contributed by atoms with Gasteiger partial charge in [-0.2, -0.15) is 0 Å². The van der Waals surface area contributed by atoms with Gasteiger partial charge in [0, 0.05) is 20.0 Å². The molecule has 0 atom stereocenters.